The van der Waals surface area contributed by atoms with Gasteiger partial charge in [-0.2, -0.15) is 0 Å². The third kappa shape index (κ3) is 2.51. The molecule has 0 unspecified atom stereocenters. The van der Waals surface area contributed by atoms with E-state index in [1.807, 2.05) is 19.9 Å². The zero-order valence-corrected chi connectivity index (χ0v) is 16.1. The molecule has 0 aliphatic carbocycles. The maximum atomic E-state index is 13.5. The molecular formula is C22H17N3O4. The van der Waals surface area contributed by atoms with Crippen molar-refractivity contribution in [3.8, 4) is 0 Å². The lowest BCUT2D eigenvalue weighted by Crippen LogP contribution is -2.29. The Morgan fingerprint density at radius 2 is 1.72 bits per heavy atom. The van der Waals surface area contributed by atoms with Crippen LogP contribution >= 0.6 is 0 Å². The van der Waals surface area contributed by atoms with Gasteiger partial charge in [0.1, 0.15) is 11.3 Å². The minimum atomic E-state index is -0.674. The van der Waals surface area contributed by atoms with Gasteiger partial charge < -0.3 is 8.94 Å². The molecule has 7 heteroatoms. The van der Waals surface area contributed by atoms with Gasteiger partial charge in [-0.1, -0.05) is 5.16 Å². The summed E-state index contributed by atoms with van der Waals surface area (Å²) in [6.07, 6.45) is 3.25. The highest BCUT2D eigenvalue weighted by molar-refractivity contribution is 6.10. The molecule has 1 aliphatic heterocycles. The molecule has 0 N–H and O–H groups in total. The Kier molecular flexibility index (Phi) is 3.67. The average molecular weight is 387 g/mol. The summed E-state index contributed by atoms with van der Waals surface area (Å²) in [6.45, 7) is 5.63. The van der Waals surface area contributed by atoms with Gasteiger partial charge in [0.05, 0.1) is 17.0 Å². The van der Waals surface area contributed by atoms with E-state index < -0.39 is 11.9 Å². The van der Waals surface area contributed by atoms with Crippen LogP contribution in [-0.4, -0.2) is 16.0 Å². The summed E-state index contributed by atoms with van der Waals surface area (Å²) in [5, 5.41) is 4.46. The van der Waals surface area contributed by atoms with Crippen LogP contribution in [0.3, 0.4) is 0 Å². The molecule has 5 rings (SSSR count). The van der Waals surface area contributed by atoms with Gasteiger partial charge in [-0.25, -0.2) is 0 Å². The smallest absolute Gasteiger partial charge is 0.296 e. The van der Waals surface area contributed by atoms with Crippen molar-refractivity contribution in [3.63, 3.8) is 0 Å². The van der Waals surface area contributed by atoms with Gasteiger partial charge >= 0.3 is 0 Å². The quantitative estimate of drug-likeness (QED) is 0.519. The fourth-order valence-corrected chi connectivity index (χ4v) is 3.79. The van der Waals surface area contributed by atoms with Crippen molar-refractivity contribution in [3.05, 3.63) is 86.7 Å². The van der Waals surface area contributed by atoms with Crippen LogP contribution in [0.25, 0.3) is 11.0 Å². The van der Waals surface area contributed by atoms with E-state index in [4.69, 9.17) is 8.94 Å². The Labute approximate surface area is 165 Å². The van der Waals surface area contributed by atoms with Gasteiger partial charge in [-0.3, -0.25) is 19.5 Å². The second-order valence-corrected chi connectivity index (χ2v) is 7.26. The Morgan fingerprint density at radius 1 is 1.00 bits per heavy atom. The zero-order chi connectivity index (χ0) is 20.3. The molecule has 0 spiro atoms. The molecule has 1 amide bonds. The number of hydrogen-bond acceptors (Lipinski definition) is 6. The minimum absolute atomic E-state index is 0.0354. The minimum Gasteiger partial charge on any atom is -0.450 e. The summed E-state index contributed by atoms with van der Waals surface area (Å²) >= 11 is 0. The second-order valence-electron chi connectivity index (χ2n) is 7.26. The highest BCUT2D eigenvalue weighted by Crippen LogP contribution is 2.40. The molecule has 29 heavy (non-hydrogen) atoms. The highest BCUT2D eigenvalue weighted by atomic mass is 16.5. The number of aryl methyl sites for hydroxylation is 3. The molecule has 0 bridgehead atoms. The van der Waals surface area contributed by atoms with Crippen molar-refractivity contribution >= 4 is 22.7 Å². The number of hydrogen-bond donors (Lipinski definition) is 0. The van der Waals surface area contributed by atoms with Gasteiger partial charge in [0.2, 0.25) is 5.76 Å². The molecule has 0 radical (unpaired) electrons. The molecule has 0 saturated carbocycles. The van der Waals surface area contributed by atoms with Crippen molar-refractivity contribution < 1.29 is 13.7 Å². The number of aromatic nitrogens is 2. The number of nitrogens with zero attached hydrogens (tertiary/aromatic N) is 3. The lowest BCUT2D eigenvalue weighted by atomic mass is 9.98. The first kappa shape index (κ1) is 17.4. The molecule has 0 saturated heterocycles. The largest absolute Gasteiger partial charge is 0.450 e. The van der Waals surface area contributed by atoms with Crippen molar-refractivity contribution in [1.29, 1.82) is 0 Å². The predicted molar refractivity (Wildman–Crippen MR) is 106 cm³/mol. The van der Waals surface area contributed by atoms with Gasteiger partial charge in [0.25, 0.3) is 5.91 Å². The third-order valence-electron chi connectivity index (χ3n) is 5.37. The number of pyridine rings is 1. The molecule has 1 atom stereocenters. The fourth-order valence-electron chi connectivity index (χ4n) is 3.79. The van der Waals surface area contributed by atoms with Gasteiger partial charge in [-0.05, 0) is 61.7 Å². The predicted octanol–water partition coefficient (Wildman–Crippen LogP) is 3.85. The number of rotatable bonds is 2. The molecule has 1 aromatic carbocycles. The van der Waals surface area contributed by atoms with Gasteiger partial charge in [0.15, 0.2) is 11.2 Å². The standard InChI is InChI=1S/C22H17N3O4/c1-11-8-15-16(9-12(11)2)28-21-18(20(15)26)19(14-4-6-23-7-5-14)25(22(21)27)17-10-13(3)29-24-17/h4-10,19H,1-3H3/t19-/m0/s1. The van der Waals surface area contributed by atoms with E-state index in [0.717, 1.165) is 16.7 Å². The molecule has 4 heterocycles. The van der Waals surface area contributed by atoms with Crippen LogP contribution < -0.4 is 10.3 Å². The highest BCUT2D eigenvalue weighted by Gasteiger charge is 2.44. The Hall–Kier alpha value is -3.74. The monoisotopic (exact) mass is 387 g/mol. The molecule has 3 aromatic heterocycles. The molecule has 1 aliphatic rings. The normalized spacial score (nSPS) is 15.9. The average Bonchev–Trinajstić information content (AvgIpc) is 3.26. The topological polar surface area (TPSA) is 89.4 Å². The first-order valence-electron chi connectivity index (χ1n) is 9.20. The molecule has 144 valence electrons. The number of amides is 1. The number of benzene rings is 1. The van der Waals surface area contributed by atoms with Crippen LogP contribution in [0, 0.1) is 20.8 Å². The van der Waals surface area contributed by atoms with E-state index in [1.165, 1.54) is 4.90 Å². The summed E-state index contributed by atoms with van der Waals surface area (Å²) in [5.74, 6) is 0.505. The fraction of sp³-hybridized carbons (Fsp3) is 0.182. The summed E-state index contributed by atoms with van der Waals surface area (Å²) < 4.78 is 11.2. The van der Waals surface area contributed by atoms with Crippen LogP contribution in [-0.2, 0) is 0 Å². The van der Waals surface area contributed by atoms with Crippen molar-refractivity contribution in [1.82, 2.24) is 10.1 Å². The van der Waals surface area contributed by atoms with E-state index in [-0.39, 0.29) is 11.2 Å². The second kappa shape index (κ2) is 6.13. The molecule has 4 aromatic rings. The molecular weight excluding hydrogens is 370 g/mol. The van der Waals surface area contributed by atoms with Gasteiger partial charge in [0, 0.05) is 18.5 Å². The first-order valence-corrected chi connectivity index (χ1v) is 9.20. The van der Waals surface area contributed by atoms with Crippen LogP contribution in [0.4, 0.5) is 5.82 Å². The number of anilines is 1. The lowest BCUT2D eigenvalue weighted by molar-refractivity contribution is 0.0969. The summed E-state index contributed by atoms with van der Waals surface area (Å²) in [5.41, 5.74) is 3.19. The SMILES string of the molecule is Cc1cc(N2C(=O)c3oc4cc(C)c(C)cc4c(=O)c3[C@@H]2c2ccncc2)no1. The summed E-state index contributed by atoms with van der Waals surface area (Å²) in [6, 6.07) is 8.15. The first-order chi connectivity index (χ1) is 14.0. The molecule has 0 fully saturated rings. The van der Waals surface area contributed by atoms with E-state index in [2.05, 4.69) is 10.1 Å². The molecule has 7 nitrogen and oxygen atoms in total. The number of carbonyl (C=O) groups is 1. The van der Waals surface area contributed by atoms with Crippen LogP contribution in [0.1, 0.15) is 44.6 Å². The lowest BCUT2D eigenvalue weighted by Gasteiger charge is -2.22. The van der Waals surface area contributed by atoms with Crippen molar-refractivity contribution in [2.45, 2.75) is 26.8 Å². The summed E-state index contributed by atoms with van der Waals surface area (Å²) in [7, 11) is 0. The van der Waals surface area contributed by atoms with Crippen LogP contribution in [0.15, 0.2) is 56.5 Å². The van der Waals surface area contributed by atoms with Crippen LogP contribution in [0.2, 0.25) is 0 Å². The maximum absolute atomic E-state index is 13.5. The Balaban J connectivity index is 1.84. The van der Waals surface area contributed by atoms with Crippen LogP contribution in [0.5, 0.6) is 0 Å². The van der Waals surface area contributed by atoms with E-state index in [0.29, 0.717) is 28.1 Å². The Morgan fingerprint density at radius 3 is 2.41 bits per heavy atom. The zero-order valence-electron chi connectivity index (χ0n) is 16.1. The van der Waals surface area contributed by atoms with Crippen molar-refractivity contribution in [2.24, 2.45) is 0 Å². The van der Waals surface area contributed by atoms with E-state index in [9.17, 15) is 9.59 Å². The maximum Gasteiger partial charge on any atom is 0.296 e. The third-order valence-corrected chi connectivity index (χ3v) is 5.37. The number of fused-ring (bicyclic) bond motifs is 2. The van der Waals surface area contributed by atoms with E-state index >= 15 is 0 Å². The Bertz CT molecular complexity index is 1340. The summed E-state index contributed by atoms with van der Waals surface area (Å²) in [4.78, 5) is 32.3. The van der Waals surface area contributed by atoms with E-state index in [1.54, 1.807) is 43.6 Å². The van der Waals surface area contributed by atoms with Crippen molar-refractivity contribution in [2.75, 3.05) is 4.90 Å². The number of carbonyl (C=O) groups excluding carboxylic acids is 1. The van der Waals surface area contributed by atoms with Gasteiger partial charge in [-0.15, -0.1) is 0 Å².